The lowest BCUT2D eigenvalue weighted by Crippen LogP contribution is -2.33. The van der Waals surface area contributed by atoms with Crippen molar-refractivity contribution >= 4 is 29.0 Å². The van der Waals surface area contributed by atoms with Crippen molar-refractivity contribution in [1.29, 1.82) is 0 Å². The molecule has 0 radical (unpaired) electrons. The molecule has 0 saturated carbocycles. The summed E-state index contributed by atoms with van der Waals surface area (Å²) < 4.78 is 5.05. The summed E-state index contributed by atoms with van der Waals surface area (Å²) in [6, 6.07) is 14.4. The van der Waals surface area contributed by atoms with Gasteiger partial charge in [0.05, 0.1) is 5.56 Å². The van der Waals surface area contributed by atoms with Crippen LogP contribution in [0.4, 0.5) is 21.9 Å². The summed E-state index contributed by atoms with van der Waals surface area (Å²) in [4.78, 5) is 27.5. The molecule has 30 heavy (non-hydrogen) atoms. The van der Waals surface area contributed by atoms with E-state index >= 15 is 0 Å². The number of ether oxygens (including phenoxy) is 1. The van der Waals surface area contributed by atoms with Crippen LogP contribution >= 0.6 is 0 Å². The number of carbonyl (C=O) groups excluding carboxylic acids is 2. The third-order valence-corrected chi connectivity index (χ3v) is 5.04. The first-order valence-electron chi connectivity index (χ1n) is 10.5. The number of amides is 3. The minimum absolute atomic E-state index is 0.140. The molecule has 1 aliphatic rings. The van der Waals surface area contributed by atoms with Crippen LogP contribution in [0, 0.1) is 0 Å². The Hall–Kier alpha value is -3.06. The van der Waals surface area contributed by atoms with Gasteiger partial charge in [-0.3, -0.25) is 4.79 Å². The Labute approximate surface area is 177 Å². The van der Waals surface area contributed by atoms with Crippen molar-refractivity contribution in [1.82, 2.24) is 5.32 Å². The van der Waals surface area contributed by atoms with Gasteiger partial charge < -0.3 is 25.6 Å². The van der Waals surface area contributed by atoms with Gasteiger partial charge in [-0.25, -0.2) is 4.79 Å². The average molecular weight is 411 g/mol. The van der Waals surface area contributed by atoms with Crippen LogP contribution in [-0.2, 0) is 4.74 Å². The number of methoxy groups -OCH3 is 1. The van der Waals surface area contributed by atoms with E-state index in [0.717, 1.165) is 38.0 Å². The Morgan fingerprint density at radius 3 is 2.43 bits per heavy atom. The van der Waals surface area contributed by atoms with E-state index in [9.17, 15) is 9.59 Å². The van der Waals surface area contributed by atoms with Crippen LogP contribution in [0.3, 0.4) is 0 Å². The summed E-state index contributed by atoms with van der Waals surface area (Å²) in [7, 11) is 1.64. The Morgan fingerprint density at radius 1 is 0.967 bits per heavy atom. The van der Waals surface area contributed by atoms with Crippen molar-refractivity contribution in [3.8, 4) is 0 Å². The second-order valence-corrected chi connectivity index (χ2v) is 7.33. The van der Waals surface area contributed by atoms with Crippen LogP contribution in [0.25, 0.3) is 0 Å². The third kappa shape index (κ3) is 6.22. The molecule has 0 spiro atoms. The van der Waals surface area contributed by atoms with E-state index in [2.05, 4.69) is 20.9 Å². The third-order valence-electron chi connectivity index (χ3n) is 5.04. The van der Waals surface area contributed by atoms with Crippen molar-refractivity contribution in [3.05, 3.63) is 54.1 Å². The van der Waals surface area contributed by atoms with Crippen molar-refractivity contribution in [2.75, 3.05) is 48.9 Å². The predicted molar refractivity (Wildman–Crippen MR) is 120 cm³/mol. The normalized spacial score (nSPS) is 13.6. The summed E-state index contributed by atoms with van der Waals surface area (Å²) in [5, 5.41) is 8.57. The number of hydrogen-bond donors (Lipinski definition) is 3. The number of urea groups is 1. The molecule has 0 aliphatic carbocycles. The van der Waals surface area contributed by atoms with Crippen molar-refractivity contribution in [2.45, 2.75) is 25.7 Å². The highest BCUT2D eigenvalue weighted by molar-refractivity contribution is 6.04. The van der Waals surface area contributed by atoms with Gasteiger partial charge in [0.2, 0.25) is 0 Å². The minimum atomic E-state index is -0.349. The number of benzene rings is 2. The van der Waals surface area contributed by atoms with Gasteiger partial charge in [-0.1, -0.05) is 18.2 Å². The minimum Gasteiger partial charge on any atom is -0.385 e. The van der Waals surface area contributed by atoms with Crippen molar-refractivity contribution < 1.29 is 14.3 Å². The van der Waals surface area contributed by atoms with E-state index in [1.165, 1.54) is 6.42 Å². The number of rotatable bonds is 8. The van der Waals surface area contributed by atoms with Gasteiger partial charge in [0.1, 0.15) is 0 Å². The number of anilines is 3. The number of piperidine rings is 1. The molecule has 0 bridgehead atoms. The van der Waals surface area contributed by atoms with Gasteiger partial charge in [-0.2, -0.15) is 0 Å². The highest BCUT2D eigenvalue weighted by atomic mass is 16.5. The van der Waals surface area contributed by atoms with Crippen LogP contribution in [0.2, 0.25) is 0 Å². The van der Waals surface area contributed by atoms with Gasteiger partial charge in [0, 0.05) is 50.4 Å². The van der Waals surface area contributed by atoms with Gasteiger partial charge >= 0.3 is 6.03 Å². The highest BCUT2D eigenvalue weighted by Gasteiger charge is 2.19. The van der Waals surface area contributed by atoms with Crippen LogP contribution in [0.15, 0.2) is 48.5 Å². The van der Waals surface area contributed by atoms with Crippen LogP contribution in [0.5, 0.6) is 0 Å². The summed E-state index contributed by atoms with van der Waals surface area (Å²) in [6.07, 6.45) is 4.20. The number of nitrogens with zero attached hydrogens (tertiary/aromatic N) is 1. The fourth-order valence-corrected chi connectivity index (χ4v) is 3.53. The average Bonchev–Trinajstić information content (AvgIpc) is 2.78. The molecular weight excluding hydrogens is 380 g/mol. The van der Waals surface area contributed by atoms with E-state index in [0.29, 0.717) is 30.1 Å². The second kappa shape index (κ2) is 11.2. The Morgan fingerprint density at radius 2 is 1.70 bits per heavy atom. The van der Waals surface area contributed by atoms with E-state index in [-0.39, 0.29) is 11.9 Å². The lowest BCUT2D eigenvalue weighted by Gasteiger charge is -2.30. The fraction of sp³-hybridized carbons (Fsp3) is 0.391. The molecule has 0 unspecified atom stereocenters. The van der Waals surface area contributed by atoms with Crippen LogP contribution < -0.4 is 20.9 Å². The summed E-state index contributed by atoms with van der Waals surface area (Å²) >= 11 is 0. The summed E-state index contributed by atoms with van der Waals surface area (Å²) in [5.41, 5.74) is 2.77. The van der Waals surface area contributed by atoms with Gasteiger partial charge in [-0.05, 0) is 56.0 Å². The maximum atomic E-state index is 12.9. The van der Waals surface area contributed by atoms with Gasteiger partial charge in [0.25, 0.3) is 5.91 Å². The molecule has 1 fully saturated rings. The first-order valence-corrected chi connectivity index (χ1v) is 10.5. The molecule has 1 heterocycles. The molecule has 3 N–H and O–H groups in total. The summed E-state index contributed by atoms with van der Waals surface area (Å²) in [6.45, 7) is 3.01. The smallest absolute Gasteiger partial charge is 0.323 e. The Bertz CT molecular complexity index is 836. The summed E-state index contributed by atoms with van der Waals surface area (Å²) in [5.74, 6) is -0.140. The molecule has 160 valence electrons. The highest BCUT2D eigenvalue weighted by Crippen LogP contribution is 2.27. The number of carbonyl (C=O) groups is 2. The Balaban J connectivity index is 1.74. The van der Waals surface area contributed by atoms with Gasteiger partial charge in [-0.15, -0.1) is 0 Å². The molecule has 3 amide bonds. The molecule has 7 heteroatoms. The molecule has 2 aromatic carbocycles. The molecule has 2 aromatic rings. The predicted octanol–water partition coefficient (Wildman–Crippen LogP) is 4.09. The molecule has 7 nitrogen and oxygen atoms in total. The first-order chi connectivity index (χ1) is 14.7. The SMILES string of the molecule is COCCCNC(=O)c1cc(NC(=O)Nc2ccccc2)ccc1N1CCCCC1. The van der Waals surface area contributed by atoms with Crippen LogP contribution in [-0.4, -0.2) is 45.3 Å². The second-order valence-electron chi connectivity index (χ2n) is 7.33. The van der Waals surface area contributed by atoms with Crippen LogP contribution in [0.1, 0.15) is 36.0 Å². The van der Waals surface area contributed by atoms with E-state index < -0.39 is 0 Å². The van der Waals surface area contributed by atoms with Crippen molar-refractivity contribution in [3.63, 3.8) is 0 Å². The van der Waals surface area contributed by atoms with E-state index in [1.807, 2.05) is 42.5 Å². The van der Waals surface area contributed by atoms with E-state index in [1.54, 1.807) is 13.2 Å². The molecular formula is C23H30N4O3. The molecule has 1 saturated heterocycles. The Kier molecular flexibility index (Phi) is 8.09. The zero-order valence-corrected chi connectivity index (χ0v) is 17.4. The molecule has 0 aromatic heterocycles. The lowest BCUT2D eigenvalue weighted by molar-refractivity contribution is 0.0949. The standard InChI is InChI=1S/C23H30N4O3/c1-30-16-8-13-24-22(28)20-17-19(11-12-21(20)27-14-6-3-7-15-27)26-23(29)25-18-9-4-2-5-10-18/h2,4-5,9-12,17H,3,6-8,13-16H2,1H3,(H,24,28)(H2,25,26,29). The maximum Gasteiger partial charge on any atom is 0.323 e. The topological polar surface area (TPSA) is 82.7 Å². The van der Waals surface area contributed by atoms with Crippen molar-refractivity contribution in [2.24, 2.45) is 0 Å². The lowest BCUT2D eigenvalue weighted by atomic mass is 10.1. The maximum absolute atomic E-state index is 12.9. The molecule has 3 rings (SSSR count). The number of hydrogen-bond acceptors (Lipinski definition) is 4. The zero-order valence-electron chi connectivity index (χ0n) is 17.4. The van der Waals surface area contributed by atoms with E-state index in [4.69, 9.17) is 4.74 Å². The fourth-order valence-electron chi connectivity index (χ4n) is 3.53. The van der Waals surface area contributed by atoms with Gasteiger partial charge in [0.15, 0.2) is 0 Å². The monoisotopic (exact) mass is 410 g/mol. The number of nitrogens with one attached hydrogen (secondary N) is 3. The molecule has 1 aliphatic heterocycles. The molecule has 0 atom stereocenters. The largest absolute Gasteiger partial charge is 0.385 e. The first kappa shape index (κ1) is 21.6. The quantitative estimate of drug-likeness (QED) is 0.573. The number of para-hydroxylation sites is 1. The zero-order chi connectivity index (χ0) is 21.2.